The molecule has 2 rings (SSSR count). The van der Waals surface area contributed by atoms with E-state index in [1.165, 1.54) is 17.8 Å². The number of likely N-dealkylation sites (tertiary alicyclic amines) is 1. The fourth-order valence-corrected chi connectivity index (χ4v) is 2.77. The maximum atomic E-state index is 12.5. The summed E-state index contributed by atoms with van der Waals surface area (Å²) in [7, 11) is 0. The van der Waals surface area contributed by atoms with Gasteiger partial charge < -0.3 is 10.0 Å². The molecule has 0 aromatic heterocycles. The fourth-order valence-electron chi connectivity index (χ4n) is 2.33. The molecule has 1 N–H and O–H groups in total. The summed E-state index contributed by atoms with van der Waals surface area (Å²) in [5.41, 5.74) is -0.812. The Bertz CT molecular complexity index is 564. The lowest BCUT2D eigenvalue weighted by molar-refractivity contribution is -0.385. The third-order valence-electron chi connectivity index (χ3n) is 3.76. The zero-order valence-corrected chi connectivity index (χ0v) is 12.9. The minimum atomic E-state index is -0.760. The molecular formula is C14H18N2O4S. The van der Waals surface area contributed by atoms with E-state index in [0.717, 1.165) is 4.90 Å². The summed E-state index contributed by atoms with van der Waals surface area (Å²) in [6.07, 6.45) is 2.82. The van der Waals surface area contributed by atoms with Gasteiger partial charge in [0.25, 0.3) is 11.6 Å². The predicted molar refractivity (Wildman–Crippen MR) is 80.6 cm³/mol. The molecule has 114 valence electrons. The number of amides is 1. The number of hydrogen-bond donors (Lipinski definition) is 1. The van der Waals surface area contributed by atoms with Crippen LogP contribution in [0.25, 0.3) is 0 Å². The molecule has 1 aliphatic rings. The Morgan fingerprint density at radius 2 is 2.05 bits per heavy atom. The van der Waals surface area contributed by atoms with Crippen molar-refractivity contribution in [1.29, 1.82) is 0 Å². The largest absolute Gasteiger partial charge is 0.390 e. The van der Waals surface area contributed by atoms with Crippen LogP contribution in [0.1, 0.15) is 30.1 Å². The number of rotatable bonds is 3. The predicted octanol–water partition coefficient (Wildman–Crippen LogP) is 2.30. The summed E-state index contributed by atoms with van der Waals surface area (Å²) >= 11 is 1.43. The maximum Gasteiger partial charge on any atom is 0.282 e. The lowest BCUT2D eigenvalue weighted by Crippen LogP contribution is -2.45. The number of nitro groups is 1. The lowest BCUT2D eigenvalue weighted by atomic mass is 9.93. The van der Waals surface area contributed by atoms with Gasteiger partial charge in [0, 0.05) is 24.1 Å². The van der Waals surface area contributed by atoms with Gasteiger partial charge in [-0.15, -0.1) is 11.8 Å². The van der Waals surface area contributed by atoms with Crippen LogP contribution in [-0.4, -0.2) is 45.8 Å². The number of piperidine rings is 1. The van der Waals surface area contributed by atoms with Crippen LogP contribution in [0.2, 0.25) is 0 Å². The normalized spacial score (nSPS) is 17.6. The molecule has 7 heteroatoms. The molecule has 0 unspecified atom stereocenters. The Labute approximate surface area is 127 Å². The molecule has 6 nitrogen and oxygen atoms in total. The van der Waals surface area contributed by atoms with Gasteiger partial charge in [-0.1, -0.05) is 0 Å². The molecule has 1 aromatic carbocycles. The van der Waals surface area contributed by atoms with Crippen molar-refractivity contribution in [3.8, 4) is 0 Å². The monoisotopic (exact) mass is 310 g/mol. The lowest BCUT2D eigenvalue weighted by Gasteiger charge is -2.35. The fraction of sp³-hybridized carbons (Fsp3) is 0.500. The van der Waals surface area contributed by atoms with Gasteiger partial charge in [0.05, 0.1) is 10.5 Å². The smallest absolute Gasteiger partial charge is 0.282 e. The third-order valence-corrected chi connectivity index (χ3v) is 4.48. The minimum absolute atomic E-state index is 0.119. The minimum Gasteiger partial charge on any atom is -0.390 e. The molecule has 1 aliphatic heterocycles. The van der Waals surface area contributed by atoms with Crippen molar-refractivity contribution in [1.82, 2.24) is 4.90 Å². The molecule has 1 aromatic rings. The molecule has 21 heavy (non-hydrogen) atoms. The Balaban J connectivity index is 2.28. The van der Waals surface area contributed by atoms with Gasteiger partial charge in [-0.05, 0) is 38.2 Å². The van der Waals surface area contributed by atoms with Gasteiger partial charge in [-0.3, -0.25) is 14.9 Å². The zero-order chi connectivity index (χ0) is 15.6. The van der Waals surface area contributed by atoms with Gasteiger partial charge in [0.15, 0.2) is 0 Å². The van der Waals surface area contributed by atoms with Crippen LogP contribution in [0, 0.1) is 10.1 Å². The molecule has 0 bridgehead atoms. The van der Waals surface area contributed by atoms with E-state index in [2.05, 4.69) is 0 Å². The number of nitrogens with zero attached hydrogens (tertiary/aromatic N) is 2. The number of benzene rings is 1. The van der Waals surface area contributed by atoms with Crippen molar-refractivity contribution >= 4 is 23.4 Å². The van der Waals surface area contributed by atoms with Gasteiger partial charge >= 0.3 is 0 Å². The van der Waals surface area contributed by atoms with E-state index >= 15 is 0 Å². The highest BCUT2D eigenvalue weighted by Crippen LogP contribution is 2.28. The van der Waals surface area contributed by atoms with Crippen LogP contribution >= 0.6 is 11.8 Å². The first-order valence-corrected chi connectivity index (χ1v) is 7.90. The molecule has 0 saturated carbocycles. The van der Waals surface area contributed by atoms with Crippen molar-refractivity contribution in [3.63, 3.8) is 0 Å². The van der Waals surface area contributed by atoms with E-state index in [9.17, 15) is 20.0 Å². The standard InChI is InChI=1S/C14H18N2O4S/c1-14(18)5-7-15(8-6-14)13(17)11-9-10(21-2)3-4-12(11)16(19)20/h3-4,9,18H,5-8H2,1-2H3. The quantitative estimate of drug-likeness (QED) is 0.526. The zero-order valence-electron chi connectivity index (χ0n) is 12.0. The maximum absolute atomic E-state index is 12.5. The summed E-state index contributed by atoms with van der Waals surface area (Å²) in [4.78, 5) is 25.5. The molecule has 0 radical (unpaired) electrons. The van der Waals surface area contributed by atoms with Gasteiger partial charge in [-0.2, -0.15) is 0 Å². The summed E-state index contributed by atoms with van der Waals surface area (Å²) in [5.74, 6) is -0.340. The van der Waals surface area contributed by atoms with E-state index in [1.54, 1.807) is 24.0 Å². The molecule has 0 atom stereocenters. The van der Waals surface area contributed by atoms with E-state index in [-0.39, 0.29) is 17.2 Å². The van der Waals surface area contributed by atoms with Crippen molar-refractivity contribution in [2.24, 2.45) is 0 Å². The van der Waals surface area contributed by atoms with Crippen LogP contribution in [0.5, 0.6) is 0 Å². The first-order valence-electron chi connectivity index (χ1n) is 6.68. The van der Waals surface area contributed by atoms with Crippen LogP contribution < -0.4 is 0 Å². The Hall–Kier alpha value is -1.60. The number of carbonyl (C=O) groups excluding carboxylic acids is 1. The number of carbonyl (C=O) groups is 1. The SMILES string of the molecule is CSc1ccc([N+](=O)[O-])c(C(=O)N2CCC(C)(O)CC2)c1. The van der Waals surface area contributed by atoms with Crippen molar-refractivity contribution in [2.75, 3.05) is 19.3 Å². The Morgan fingerprint density at radius 1 is 1.43 bits per heavy atom. The van der Waals surface area contributed by atoms with Gasteiger partial charge in [-0.25, -0.2) is 0 Å². The first-order chi connectivity index (χ1) is 9.84. The van der Waals surface area contributed by atoms with Crippen LogP contribution in [-0.2, 0) is 0 Å². The van der Waals surface area contributed by atoms with Crippen LogP contribution in [0.15, 0.2) is 23.1 Å². The molecule has 1 saturated heterocycles. The van der Waals surface area contributed by atoms with Gasteiger partial charge in [0.1, 0.15) is 5.56 Å². The topological polar surface area (TPSA) is 83.7 Å². The second kappa shape index (κ2) is 6.03. The molecule has 1 amide bonds. The summed E-state index contributed by atoms with van der Waals surface area (Å²) in [5, 5.41) is 21.0. The van der Waals surface area contributed by atoms with E-state index in [0.29, 0.717) is 25.9 Å². The molecule has 1 heterocycles. The number of thioether (sulfide) groups is 1. The molecule has 0 spiro atoms. The summed E-state index contributed by atoms with van der Waals surface area (Å²) < 4.78 is 0. The summed E-state index contributed by atoms with van der Waals surface area (Å²) in [6, 6.07) is 4.58. The number of hydrogen-bond acceptors (Lipinski definition) is 5. The highest BCUT2D eigenvalue weighted by molar-refractivity contribution is 7.98. The molecule has 0 aliphatic carbocycles. The van der Waals surface area contributed by atoms with Crippen molar-refractivity contribution in [2.45, 2.75) is 30.3 Å². The highest BCUT2D eigenvalue weighted by atomic mass is 32.2. The Morgan fingerprint density at radius 3 is 2.57 bits per heavy atom. The highest BCUT2D eigenvalue weighted by Gasteiger charge is 2.32. The molecule has 1 fully saturated rings. The second-order valence-electron chi connectivity index (χ2n) is 5.43. The number of aliphatic hydroxyl groups is 1. The first kappa shape index (κ1) is 15.8. The second-order valence-corrected chi connectivity index (χ2v) is 6.31. The van der Waals surface area contributed by atoms with E-state index in [4.69, 9.17) is 0 Å². The Kier molecular flexibility index (Phi) is 4.53. The van der Waals surface area contributed by atoms with E-state index in [1.807, 2.05) is 6.26 Å². The average Bonchev–Trinajstić information content (AvgIpc) is 2.45. The summed E-state index contributed by atoms with van der Waals surface area (Å²) in [6.45, 7) is 2.56. The van der Waals surface area contributed by atoms with Crippen LogP contribution in [0.3, 0.4) is 0 Å². The molecular weight excluding hydrogens is 292 g/mol. The van der Waals surface area contributed by atoms with Gasteiger partial charge in [0.2, 0.25) is 0 Å². The third kappa shape index (κ3) is 3.54. The average molecular weight is 310 g/mol. The number of nitro benzene ring substituents is 1. The van der Waals surface area contributed by atoms with Crippen LogP contribution in [0.4, 0.5) is 5.69 Å². The van der Waals surface area contributed by atoms with Crippen molar-refractivity contribution < 1.29 is 14.8 Å². The van der Waals surface area contributed by atoms with Crippen molar-refractivity contribution in [3.05, 3.63) is 33.9 Å². The van der Waals surface area contributed by atoms with E-state index < -0.39 is 10.5 Å².